The van der Waals surface area contributed by atoms with Crippen molar-refractivity contribution < 1.29 is 9.84 Å². The SMILES string of the molecule is COc1ccc2nc(Nc3ncc(O)[nH]3)nc(C)c2c1. The molecule has 2 heterocycles. The molecular formula is C13H13N5O2. The summed E-state index contributed by atoms with van der Waals surface area (Å²) in [4.78, 5) is 15.3. The van der Waals surface area contributed by atoms with Crippen LogP contribution in [0.3, 0.4) is 0 Å². The van der Waals surface area contributed by atoms with Gasteiger partial charge >= 0.3 is 0 Å². The number of aryl methyl sites for hydroxylation is 1. The Morgan fingerprint density at radius 3 is 2.85 bits per heavy atom. The maximum absolute atomic E-state index is 9.20. The third-order valence-corrected chi connectivity index (χ3v) is 2.89. The number of imidazole rings is 1. The molecule has 102 valence electrons. The second-order valence-corrected chi connectivity index (χ2v) is 4.26. The van der Waals surface area contributed by atoms with E-state index in [2.05, 4.69) is 25.3 Å². The topological polar surface area (TPSA) is 96.0 Å². The molecule has 0 saturated heterocycles. The number of ether oxygens (including phenoxy) is 1. The second-order valence-electron chi connectivity index (χ2n) is 4.26. The Kier molecular flexibility index (Phi) is 2.86. The van der Waals surface area contributed by atoms with Crippen LogP contribution in [-0.2, 0) is 0 Å². The molecule has 0 aliphatic rings. The van der Waals surface area contributed by atoms with Crippen LogP contribution in [0, 0.1) is 6.92 Å². The quantitative estimate of drug-likeness (QED) is 0.675. The lowest BCUT2D eigenvalue weighted by Gasteiger charge is -2.07. The normalized spacial score (nSPS) is 10.7. The fourth-order valence-electron chi connectivity index (χ4n) is 1.92. The molecule has 0 spiro atoms. The van der Waals surface area contributed by atoms with Gasteiger partial charge < -0.3 is 9.84 Å². The standard InChI is InChI=1S/C13H13N5O2/c1-7-9-5-8(20-2)3-4-10(9)16-13(15-7)18-12-14-6-11(19)17-12/h3-6,19H,1-2H3,(H2,14,15,16,17,18). The number of rotatable bonds is 3. The Morgan fingerprint density at radius 1 is 1.30 bits per heavy atom. The van der Waals surface area contributed by atoms with E-state index >= 15 is 0 Å². The van der Waals surface area contributed by atoms with E-state index in [1.807, 2.05) is 25.1 Å². The Labute approximate surface area is 114 Å². The number of fused-ring (bicyclic) bond motifs is 1. The lowest BCUT2D eigenvalue weighted by atomic mass is 10.2. The average molecular weight is 271 g/mol. The molecule has 3 rings (SSSR count). The number of aromatic hydroxyl groups is 1. The van der Waals surface area contributed by atoms with Gasteiger partial charge in [-0.15, -0.1) is 0 Å². The molecule has 3 N–H and O–H groups in total. The second kappa shape index (κ2) is 4.69. The van der Waals surface area contributed by atoms with Crippen molar-refractivity contribution in [2.24, 2.45) is 0 Å². The summed E-state index contributed by atoms with van der Waals surface area (Å²) in [5, 5.41) is 13.0. The molecule has 0 saturated carbocycles. The molecule has 0 fully saturated rings. The number of hydrogen-bond donors (Lipinski definition) is 3. The maximum Gasteiger partial charge on any atom is 0.230 e. The number of methoxy groups -OCH3 is 1. The van der Waals surface area contributed by atoms with Gasteiger partial charge in [-0.2, -0.15) is 0 Å². The number of H-pyrrole nitrogens is 1. The predicted molar refractivity (Wildman–Crippen MR) is 74.4 cm³/mol. The third kappa shape index (κ3) is 2.20. The molecule has 7 heteroatoms. The minimum absolute atomic E-state index is 0.0188. The summed E-state index contributed by atoms with van der Waals surface area (Å²) in [5.74, 6) is 1.54. The molecule has 3 aromatic rings. The summed E-state index contributed by atoms with van der Waals surface area (Å²) in [6, 6.07) is 5.61. The van der Waals surface area contributed by atoms with Gasteiger partial charge in [-0.1, -0.05) is 0 Å². The maximum atomic E-state index is 9.20. The van der Waals surface area contributed by atoms with E-state index in [-0.39, 0.29) is 5.88 Å². The van der Waals surface area contributed by atoms with E-state index in [1.54, 1.807) is 7.11 Å². The van der Waals surface area contributed by atoms with Crippen molar-refractivity contribution in [1.29, 1.82) is 0 Å². The van der Waals surface area contributed by atoms with Gasteiger partial charge in [0.15, 0.2) is 0 Å². The fourth-order valence-corrected chi connectivity index (χ4v) is 1.92. The van der Waals surface area contributed by atoms with Crippen LogP contribution in [0.4, 0.5) is 11.9 Å². The van der Waals surface area contributed by atoms with Gasteiger partial charge in [-0.05, 0) is 25.1 Å². The van der Waals surface area contributed by atoms with Gasteiger partial charge in [-0.3, -0.25) is 10.3 Å². The lowest BCUT2D eigenvalue weighted by molar-refractivity contribution is 0.415. The summed E-state index contributed by atoms with van der Waals surface area (Å²) >= 11 is 0. The minimum atomic E-state index is -0.0188. The summed E-state index contributed by atoms with van der Waals surface area (Å²) in [7, 11) is 1.62. The van der Waals surface area contributed by atoms with E-state index in [9.17, 15) is 5.11 Å². The van der Waals surface area contributed by atoms with E-state index in [4.69, 9.17) is 4.74 Å². The average Bonchev–Trinajstić information content (AvgIpc) is 2.84. The van der Waals surface area contributed by atoms with Crippen LogP contribution in [0.1, 0.15) is 5.69 Å². The monoisotopic (exact) mass is 271 g/mol. The highest BCUT2D eigenvalue weighted by atomic mass is 16.5. The number of aromatic amines is 1. The molecule has 0 radical (unpaired) electrons. The molecule has 0 unspecified atom stereocenters. The Bertz CT molecular complexity index is 769. The zero-order valence-corrected chi connectivity index (χ0v) is 11.0. The summed E-state index contributed by atoms with van der Waals surface area (Å²) in [5.41, 5.74) is 1.63. The molecule has 20 heavy (non-hydrogen) atoms. The molecule has 0 amide bonds. The molecule has 7 nitrogen and oxygen atoms in total. The first-order valence-corrected chi connectivity index (χ1v) is 5.99. The van der Waals surface area contributed by atoms with Gasteiger partial charge in [0.2, 0.25) is 17.8 Å². The van der Waals surface area contributed by atoms with Gasteiger partial charge in [0, 0.05) is 5.39 Å². The van der Waals surface area contributed by atoms with Crippen molar-refractivity contribution in [3.05, 3.63) is 30.1 Å². The summed E-state index contributed by atoms with van der Waals surface area (Å²) in [6.07, 6.45) is 1.31. The number of nitrogens with zero attached hydrogens (tertiary/aromatic N) is 3. The van der Waals surface area contributed by atoms with Crippen molar-refractivity contribution in [1.82, 2.24) is 19.9 Å². The van der Waals surface area contributed by atoms with Gasteiger partial charge in [0.25, 0.3) is 0 Å². The summed E-state index contributed by atoms with van der Waals surface area (Å²) in [6.45, 7) is 1.90. The highest BCUT2D eigenvalue weighted by Crippen LogP contribution is 2.23. The van der Waals surface area contributed by atoms with Crippen LogP contribution in [0.5, 0.6) is 11.6 Å². The highest BCUT2D eigenvalue weighted by molar-refractivity contribution is 5.83. The van der Waals surface area contributed by atoms with Crippen LogP contribution >= 0.6 is 0 Å². The highest BCUT2D eigenvalue weighted by Gasteiger charge is 2.07. The van der Waals surface area contributed by atoms with Crippen LogP contribution in [-0.4, -0.2) is 32.2 Å². The van der Waals surface area contributed by atoms with Crippen molar-refractivity contribution in [2.45, 2.75) is 6.92 Å². The van der Waals surface area contributed by atoms with Crippen LogP contribution in [0.15, 0.2) is 24.4 Å². The largest absolute Gasteiger partial charge is 0.497 e. The molecular weight excluding hydrogens is 258 g/mol. The first-order chi connectivity index (χ1) is 9.65. The number of aromatic nitrogens is 4. The zero-order valence-electron chi connectivity index (χ0n) is 11.0. The van der Waals surface area contributed by atoms with Crippen molar-refractivity contribution in [3.63, 3.8) is 0 Å². The number of hydrogen-bond acceptors (Lipinski definition) is 6. The number of nitrogens with one attached hydrogen (secondary N) is 2. The Hall–Kier alpha value is -2.83. The van der Waals surface area contributed by atoms with E-state index in [0.29, 0.717) is 11.9 Å². The fraction of sp³-hybridized carbons (Fsp3) is 0.154. The smallest absolute Gasteiger partial charge is 0.230 e. The molecule has 1 aromatic carbocycles. The molecule has 0 aliphatic carbocycles. The zero-order chi connectivity index (χ0) is 14.1. The Morgan fingerprint density at radius 2 is 2.15 bits per heavy atom. The van der Waals surface area contributed by atoms with Gasteiger partial charge in [0.1, 0.15) is 5.75 Å². The van der Waals surface area contributed by atoms with Crippen molar-refractivity contribution >= 4 is 22.8 Å². The van der Waals surface area contributed by atoms with Crippen LogP contribution in [0.25, 0.3) is 10.9 Å². The van der Waals surface area contributed by atoms with Crippen LogP contribution in [0.2, 0.25) is 0 Å². The minimum Gasteiger partial charge on any atom is -0.497 e. The Balaban J connectivity index is 2.01. The van der Waals surface area contributed by atoms with Crippen molar-refractivity contribution in [3.8, 4) is 11.6 Å². The first kappa shape index (κ1) is 12.2. The van der Waals surface area contributed by atoms with E-state index in [1.165, 1.54) is 6.20 Å². The summed E-state index contributed by atoms with van der Waals surface area (Å²) < 4.78 is 5.19. The van der Waals surface area contributed by atoms with Gasteiger partial charge in [0.05, 0.1) is 24.5 Å². The van der Waals surface area contributed by atoms with E-state index in [0.717, 1.165) is 22.3 Å². The van der Waals surface area contributed by atoms with Crippen LogP contribution < -0.4 is 10.1 Å². The molecule has 2 aromatic heterocycles. The lowest BCUT2D eigenvalue weighted by Crippen LogP contribution is -2.00. The molecule has 0 bridgehead atoms. The van der Waals surface area contributed by atoms with Gasteiger partial charge in [-0.25, -0.2) is 15.0 Å². The predicted octanol–water partition coefficient (Wildman–Crippen LogP) is 2.12. The van der Waals surface area contributed by atoms with E-state index < -0.39 is 0 Å². The molecule has 0 aliphatic heterocycles. The number of benzene rings is 1. The third-order valence-electron chi connectivity index (χ3n) is 2.89. The number of anilines is 2. The first-order valence-electron chi connectivity index (χ1n) is 5.99. The van der Waals surface area contributed by atoms with Crippen molar-refractivity contribution in [2.75, 3.05) is 12.4 Å². The molecule has 0 atom stereocenters.